The third-order valence-electron chi connectivity index (χ3n) is 7.26. The lowest BCUT2D eigenvalue weighted by molar-refractivity contribution is -0.127. The SMILES string of the molecule is COC1(COc2ccc(C)cc2)CCCN(Cc2cccc(OCCCN3CCCC3=O)c2)CC1. The number of carbonyl (C=O) groups excluding carboxylic acids is 1. The van der Waals surface area contributed by atoms with Gasteiger partial charge in [-0.05, 0) is 75.4 Å². The van der Waals surface area contributed by atoms with E-state index >= 15 is 0 Å². The Hall–Kier alpha value is -2.57. The van der Waals surface area contributed by atoms with Gasteiger partial charge in [-0.25, -0.2) is 0 Å². The maximum Gasteiger partial charge on any atom is 0.222 e. The summed E-state index contributed by atoms with van der Waals surface area (Å²) in [6.07, 6.45) is 5.58. The maximum atomic E-state index is 11.7. The van der Waals surface area contributed by atoms with Crippen molar-refractivity contribution in [3.8, 4) is 11.5 Å². The molecule has 0 saturated carbocycles. The van der Waals surface area contributed by atoms with Crippen molar-refractivity contribution in [3.63, 3.8) is 0 Å². The first-order valence-corrected chi connectivity index (χ1v) is 13.0. The van der Waals surface area contributed by atoms with Crippen molar-refractivity contribution in [2.45, 2.75) is 57.6 Å². The zero-order chi connectivity index (χ0) is 24.5. The number of likely N-dealkylation sites (tertiary alicyclic amines) is 2. The van der Waals surface area contributed by atoms with E-state index in [9.17, 15) is 4.79 Å². The summed E-state index contributed by atoms with van der Waals surface area (Å²) < 4.78 is 18.1. The molecule has 6 heteroatoms. The molecule has 190 valence electrons. The van der Waals surface area contributed by atoms with Crippen LogP contribution in [0.4, 0.5) is 0 Å². The second-order valence-electron chi connectivity index (χ2n) is 9.95. The van der Waals surface area contributed by atoms with Crippen LogP contribution < -0.4 is 9.47 Å². The highest BCUT2D eigenvalue weighted by molar-refractivity contribution is 5.77. The molecule has 1 atom stereocenters. The zero-order valence-electron chi connectivity index (χ0n) is 21.3. The van der Waals surface area contributed by atoms with Gasteiger partial charge in [0, 0.05) is 39.7 Å². The second kappa shape index (κ2) is 12.4. The molecule has 0 spiro atoms. The van der Waals surface area contributed by atoms with Crippen LogP contribution in [0.1, 0.15) is 49.7 Å². The number of rotatable bonds is 11. The van der Waals surface area contributed by atoms with E-state index in [1.54, 1.807) is 0 Å². The minimum Gasteiger partial charge on any atom is -0.494 e. The van der Waals surface area contributed by atoms with Gasteiger partial charge in [0.15, 0.2) is 0 Å². The Morgan fingerprint density at radius 3 is 2.57 bits per heavy atom. The van der Waals surface area contributed by atoms with E-state index in [-0.39, 0.29) is 11.5 Å². The van der Waals surface area contributed by atoms with Crippen LogP contribution in [0.3, 0.4) is 0 Å². The summed E-state index contributed by atoms with van der Waals surface area (Å²) in [6, 6.07) is 16.6. The van der Waals surface area contributed by atoms with Gasteiger partial charge in [-0.2, -0.15) is 0 Å². The average Bonchev–Trinajstić information content (AvgIpc) is 3.17. The minimum absolute atomic E-state index is 0.249. The molecule has 1 amide bonds. The average molecular weight is 481 g/mol. The van der Waals surface area contributed by atoms with E-state index in [0.29, 0.717) is 19.6 Å². The molecule has 2 aliphatic heterocycles. The standard InChI is InChI=1S/C29H40N2O4/c1-24-10-12-26(13-11-24)35-23-29(33-2)14-5-16-30(19-15-29)22-25-7-3-8-27(21-25)34-20-6-18-31-17-4-9-28(31)32/h3,7-8,10-13,21H,4-6,9,14-20,22-23H2,1-2H3. The van der Waals surface area contributed by atoms with Gasteiger partial charge in [-0.3, -0.25) is 9.69 Å². The molecule has 0 aliphatic carbocycles. The summed E-state index contributed by atoms with van der Waals surface area (Å²) in [5.74, 6) is 2.09. The molecule has 2 aromatic rings. The molecule has 2 heterocycles. The summed E-state index contributed by atoms with van der Waals surface area (Å²) in [5.41, 5.74) is 2.25. The second-order valence-corrected chi connectivity index (χ2v) is 9.95. The number of nitrogens with zero attached hydrogens (tertiary/aromatic N) is 2. The van der Waals surface area contributed by atoms with Crippen molar-refractivity contribution in [1.29, 1.82) is 0 Å². The van der Waals surface area contributed by atoms with Crippen LogP contribution >= 0.6 is 0 Å². The van der Waals surface area contributed by atoms with Gasteiger partial charge in [0.1, 0.15) is 23.7 Å². The fourth-order valence-corrected chi connectivity index (χ4v) is 5.02. The minimum atomic E-state index is -0.249. The van der Waals surface area contributed by atoms with Gasteiger partial charge in [0.05, 0.1) is 6.61 Å². The summed E-state index contributed by atoms with van der Waals surface area (Å²) in [7, 11) is 1.81. The van der Waals surface area contributed by atoms with Crippen LogP contribution in [-0.4, -0.2) is 67.8 Å². The first-order chi connectivity index (χ1) is 17.0. The van der Waals surface area contributed by atoms with E-state index in [1.165, 1.54) is 11.1 Å². The van der Waals surface area contributed by atoms with Crippen molar-refractivity contribution >= 4 is 5.91 Å². The molecule has 6 nitrogen and oxygen atoms in total. The Morgan fingerprint density at radius 1 is 0.943 bits per heavy atom. The van der Waals surface area contributed by atoms with Crippen LogP contribution in [0, 0.1) is 6.92 Å². The number of hydrogen-bond acceptors (Lipinski definition) is 5. The van der Waals surface area contributed by atoms with Crippen LogP contribution in [0.25, 0.3) is 0 Å². The first kappa shape index (κ1) is 25.5. The van der Waals surface area contributed by atoms with Crippen LogP contribution in [0.5, 0.6) is 11.5 Å². The smallest absolute Gasteiger partial charge is 0.222 e. The van der Waals surface area contributed by atoms with Gasteiger partial charge in [0.2, 0.25) is 5.91 Å². The van der Waals surface area contributed by atoms with Crippen LogP contribution in [0.15, 0.2) is 48.5 Å². The lowest BCUT2D eigenvalue weighted by atomic mass is 9.95. The molecule has 2 fully saturated rings. The molecule has 2 aliphatic rings. The van der Waals surface area contributed by atoms with E-state index in [2.05, 4.69) is 42.2 Å². The largest absolute Gasteiger partial charge is 0.494 e. The number of hydrogen-bond donors (Lipinski definition) is 0. The highest BCUT2D eigenvalue weighted by Gasteiger charge is 2.33. The molecule has 2 saturated heterocycles. The molecule has 1 unspecified atom stereocenters. The molecular weight excluding hydrogens is 440 g/mol. The fourth-order valence-electron chi connectivity index (χ4n) is 5.02. The number of methoxy groups -OCH3 is 1. The number of amides is 1. The Bertz CT molecular complexity index is 948. The van der Waals surface area contributed by atoms with Crippen molar-refractivity contribution in [2.24, 2.45) is 0 Å². The molecule has 4 rings (SSSR count). The van der Waals surface area contributed by atoms with Crippen molar-refractivity contribution in [3.05, 3.63) is 59.7 Å². The van der Waals surface area contributed by atoms with Gasteiger partial charge >= 0.3 is 0 Å². The molecule has 35 heavy (non-hydrogen) atoms. The van der Waals surface area contributed by atoms with Gasteiger partial charge in [-0.1, -0.05) is 29.8 Å². The molecule has 0 radical (unpaired) electrons. The number of aryl methyl sites for hydroxylation is 1. The van der Waals surface area contributed by atoms with Crippen molar-refractivity contribution < 1.29 is 19.0 Å². The maximum absolute atomic E-state index is 11.7. The topological polar surface area (TPSA) is 51.2 Å². The third kappa shape index (κ3) is 7.45. The number of carbonyl (C=O) groups is 1. The predicted molar refractivity (Wildman–Crippen MR) is 138 cm³/mol. The third-order valence-corrected chi connectivity index (χ3v) is 7.26. The van der Waals surface area contributed by atoms with E-state index in [1.807, 2.05) is 30.2 Å². The summed E-state index contributed by atoms with van der Waals surface area (Å²) in [5, 5.41) is 0. The fraction of sp³-hybridized carbons (Fsp3) is 0.552. The van der Waals surface area contributed by atoms with E-state index < -0.39 is 0 Å². The molecular formula is C29H40N2O4. The normalized spacial score (nSPS) is 21.2. The Labute approximate surface area is 210 Å². The monoisotopic (exact) mass is 480 g/mol. The summed E-state index contributed by atoms with van der Waals surface area (Å²) in [4.78, 5) is 16.2. The Kier molecular flexibility index (Phi) is 9.05. The molecule has 0 N–H and O–H groups in total. The van der Waals surface area contributed by atoms with Gasteiger partial charge < -0.3 is 19.1 Å². The first-order valence-electron chi connectivity index (χ1n) is 13.0. The van der Waals surface area contributed by atoms with E-state index in [4.69, 9.17) is 14.2 Å². The lowest BCUT2D eigenvalue weighted by Crippen LogP contribution is -2.39. The van der Waals surface area contributed by atoms with E-state index in [0.717, 1.165) is 76.3 Å². The highest BCUT2D eigenvalue weighted by atomic mass is 16.5. The quantitative estimate of drug-likeness (QED) is 0.431. The van der Waals surface area contributed by atoms with Crippen molar-refractivity contribution in [2.75, 3.05) is 46.5 Å². The van der Waals surface area contributed by atoms with Gasteiger partial charge in [0.25, 0.3) is 0 Å². The van der Waals surface area contributed by atoms with Gasteiger partial charge in [-0.15, -0.1) is 0 Å². The highest BCUT2D eigenvalue weighted by Crippen LogP contribution is 2.28. The number of ether oxygens (including phenoxy) is 3. The molecule has 0 aromatic heterocycles. The Morgan fingerprint density at radius 2 is 1.80 bits per heavy atom. The van der Waals surface area contributed by atoms with Crippen LogP contribution in [-0.2, 0) is 16.1 Å². The van der Waals surface area contributed by atoms with Crippen molar-refractivity contribution in [1.82, 2.24) is 9.80 Å². The molecule has 2 aromatic carbocycles. The Balaban J connectivity index is 1.24. The van der Waals surface area contributed by atoms with Crippen LogP contribution in [0.2, 0.25) is 0 Å². The summed E-state index contributed by atoms with van der Waals surface area (Å²) in [6.45, 7) is 7.90. The lowest BCUT2D eigenvalue weighted by Gasteiger charge is -2.31. The summed E-state index contributed by atoms with van der Waals surface area (Å²) >= 11 is 0. The molecule has 0 bridgehead atoms. The predicted octanol–water partition coefficient (Wildman–Crippen LogP) is 4.84. The zero-order valence-corrected chi connectivity index (χ0v) is 21.3. The number of benzene rings is 2.